The van der Waals surface area contributed by atoms with E-state index < -0.39 is 10.4 Å². The molecule has 0 atom stereocenters. The summed E-state index contributed by atoms with van der Waals surface area (Å²) >= 11 is 0. The van der Waals surface area contributed by atoms with Crippen LogP contribution in [-0.4, -0.2) is 64.3 Å². The third-order valence-corrected chi connectivity index (χ3v) is 6.08. The molecule has 0 radical (unpaired) electrons. The van der Waals surface area contributed by atoms with Crippen LogP contribution in [-0.2, 0) is 38.6 Å². The van der Waals surface area contributed by atoms with Crippen molar-refractivity contribution in [2.75, 3.05) is 37.0 Å². The van der Waals surface area contributed by atoms with E-state index in [0.717, 1.165) is 42.3 Å². The molecular formula is C25H34N12O4S. The Morgan fingerprint density at radius 3 is 1.33 bits per heavy atom. The Balaban J connectivity index is 0.000000892. The SMILES string of the molecule is CN(CCCN(C)c1ccc(N=Nc2n(C)nc[n+]2C)cc1)c1ccc(N=Nc2n(C)nc[n+]2C)cc1.O=S(=O)([O-])[O-]. The van der Waals surface area contributed by atoms with Gasteiger partial charge >= 0.3 is 11.9 Å². The predicted octanol–water partition coefficient (Wildman–Crippen LogP) is 2.26. The van der Waals surface area contributed by atoms with Crippen molar-refractivity contribution in [1.82, 2.24) is 19.6 Å². The van der Waals surface area contributed by atoms with Gasteiger partial charge in [-0.2, -0.15) is 0 Å². The number of benzene rings is 2. The summed E-state index contributed by atoms with van der Waals surface area (Å²) in [5.74, 6) is 1.37. The maximum absolute atomic E-state index is 8.52. The molecule has 0 aliphatic carbocycles. The molecular weight excluding hydrogens is 564 g/mol. The summed E-state index contributed by atoms with van der Waals surface area (Å²) in [6.45, 7) is 1.87. The molecule has 0 spiro atoms. The molecule has 0 aliphatic rings. The molecule has 0 fully saturated rings. The summed E-state index contributed by atoms with van der Waals surface area (Å²) < 4.78 is 41.1. The van der Waals surface area contributed by atoms with Gasteiger partial charge in [0.05, 0.1) is 39.6 Å². The minimum absolute atomic E-state index is 0.684. The Labute approximate surface area is 244 Å². The highest BCUT2D eigenvalue weighted by Gasteiger charge is 2.12. The first-order chi connectivity index (χ1) is 19.8. The molecule has 2 aromatic carbocycles. The van der Waals surface area contributed by atoms with E-state index in [1.54, 1.807) is 22.0 Å². The minimum atomic E-state index is -5.17. The molecule has 0 bridgehead atoms. The van der Waals surface area contributed by atoms with E-state index in [1.807, 2.05) is 61.6 Å². The van der Waals surface area contributed by atoms with Crippen LogP contribution in [0.3, 0.4) is 0 Å². The van der Waals surface area contributed by atoms with Gasteiger partial charge in [-0.3, -0.25) is 8.42 Å². The van der Waals surface area contributed by atoms with Crippen molar-refractivity contribution in [3.63, 3.8) is 0 Å². The Morgan fingerprint density at radius 1 is 0.714 bits per heavy atom. The van der Waals surface area contributed by atoms with Crippen molar-refractivity contribution in [1.29, 1.82) is 0 Å². The average Bonchev–Trinajstić information content (AvgIpc) is 3.44. The van der Waals surface area contributed by atoms with Gasteiger partial charge in [0.15, 0.2) is 0 Å². The van der Waals surface area contributed by atoms with Crippen molar-refractivity contribution < 1.29 is 26.7 Å². The van der Waals surface area contributed by atoms with Gasteiger partial charge in [-0.15, -0.1) is 9.36 Å². The smallest absolute Gasteiger partial charge is 0.403 e. The Kier molecular flexibility index (Phi) is 10.9. The third kappa shape index (κ3) is 9.79. The van der Waals surface area contributed by atoms with E-state index in [0.29, 0.717) is 11.9 Å². The molecule has 42 heavy (non-hydrogen) atoms. The zero-order valence-corrected chi connectivity index (χ0v) is 25.1. The summed E-state index contributed by atoms with van der Waals surface area (Å²) in [6.07, 6.45) is 4.43. The van der Waals surface area contributed by atoms with E-state index in [9.17, 15) is 0 Å². The summed E-state index contributed by atoms with van der Waals surface area (Å²) in [4.78, 5) is 4.50. The van der Waals surface area contributed by atoms with Crippen LogP contribution in [0.25, 0.3) is 0 Å². The van der Waals surface area contributed by atoms with Crippen LogP contribution in [0.15, 0.2) is 81.6 Å². The molecule has 17 heteroatoms. The van der Waals surface area contributed by atoms with Crippen molar-refractivity contribution >= 4 is 45.0 Å². The zero-order chi connectivity index (χ0) is 30.9. The average molecular weight is 599 g/mol. The van der Waals surface area contributed by atoms with Crippen LogP contribution in [0.5, 0.6) is 0 Å². The van der Waals surface area contributed by atoms with E-state index in [2.05, 4.69) is 78.8 Å². The number of anilines is 2. The summed E-state index contributed by atoms with van der Waals surface area (Å²) in [5, 5.41) is 25.6. The number of aromatic nitrogens is 6. The number of nitrogens with zero attached hydrogens (tertiary/aromatic N) is 12. The van der Waals surface area contributed by atoms with Gasteiger partial charge < -0.3 is 18.9 Å². The summed E-state index contributed by atoms with van der Waals surface area (Å²) in [5.41, 5.74) is 3.89. The Morgan fingerprint density at radius 2 is 1.05 bits per heavy atom. The highest BCUT2D eigenvalue weighted by Crippen LogP contribution is 2.22. The van der Waals surface area contributed by atoms with Crippen molar-refractivity contribution in [3.8, 4) is 0 Å². The molecule has 2 aromatic heterocycles. The first kappa shape index (κ1) is 31.9. The lowest BCUT2D eigenvalue weighted by Gasteiger charge is -2.23. The first-order valence-electron chi connectivity index (χ1n) is 12.7. The van der Waals surface area contributed by atoms with Crippen molar-refractivity contribution in [2.24, 2.45) is 48.6 Å². The second-order valence-corrected chi connectivity index (χ2v) is 10.2. The molecule has 0 saturated heterocycles. The van der Waals surface area contributed by atoms with Crippen LogP contribution in [0, 0.1) is 0 Å². The van der Waals surface area contributed by atoms with Crippen LogP contribution >= 0.6 is 0 Å². The van der Waals surface area contributed by atoms with E-state index in [4.69, 9.17) is 17.5 Å². The minimum Gasteiger partial charge on any atom is -0.759 e. The predicted molar refractivity (Wildman–Crippen MR) is 152 cm³/mol. The number of hydrogen-bond acceptors (Lipinski definition) is 12. The number of azo groups is 2. The van der Waals surface area contributed by atoms with Crippen LogP contribution in [0.4, 0.5) is 34.6 Å². The van der Waals surface area contributed by atoms with E-state index in [1.165, 1.54) is 0 Å². The molecule has 4 aromatic rings. The fourth-order valence-corrected chi connectivity index (χ4v) is 3.80. The highest BCUT2D eigenvalue weighted by atomic mass is 32.3. The van der Waals surface area contributed by atoms with Crippen molar-refractivity contribution in [3.05, 3.63) is 61.2 Å². The van der Waals surface area contributed by atoms with E-state index in [-0.39, 0.29) is 0 Å². The van der Waals surface area contributed by atoms with Crippen LogP contribution in [0.2, 0.25) is 0 Å². The normalized spacial score (nSPS) is 11.6. The van der Waals surface area contributed by atoms with Gasteiger partial charge in [-0.1, -0.05) is 10.2 Å². The summed E-state index contributed by atoms with van der Waals surface area (Å²) in [6, 6.07) is 16.2. The molecule has 2 heterocycles. The molecule has 0 N–H and O–H groups in total. The molecule has 16 nitrogen and oxygen atoms in total. The van der Waals surface area contributed by atoms with Crippen LogP contribution < -0.4 is 18.9 Å². The Bertz CT molecular complexity index is 1460. The first-order valence-corrected chi connectivity index (χ1v) is 14.0. The number of hydrogen-bond donors (Lipinski definition) is 0. The number of aryl methyl sites for hydroxylation is 4. The molecule has 0 aliphatic heterocycles. The van der Waals surface area contributed by atoms with Gasteiger partial charge in [0.2, 0.25) is 12.7 Å². The lowest BCUT2D eigenvalue weighted by Crippen LogP contribution is -2.25. The summed E-state index contributed by atoms with van der Waals surface area (Å²) in [7, 11) is 6.52. The fourth-order valence-electron chi connectivity index (χ4n) is 3.80. The maximum Gasteiger partial charge on any atom is 0.403 e. The number of rotatable bonds is 10. The lowest BCUT2D eigenvalue weighted by molar-refractivity contribution is -0.659. The van der Waals surface area contributed by atoms with E-state index >= 15 is 0 Å². The quantitative estimate of drug-likeness (QED) is 0.115. The highest BCUT2D eigenvalue weighted by molar-refractivity contribution is 7.79. The standard InChI is InChI=1S/C25H34N12.H2O4S/c1-32(22-12-8-20(9-13-22)28-30-24-34(3)18-26-36(24)5)16-7-17-33(2)23-14-10-21(11-15-23)29-31-25-35(4)19-27-37(25)6;1-5(2,3)4/h8-15,18-19H,7,16-17H2,1-6H3;(H2,1,2,3,4)/q+2;/p-2. The monoisotopic (exact) mass is 598 g/mol. The maximum atomic E-state index is 8.52. The van der Waals surface area contributed by atoms with Gasteiger partial charge in [0.25, 0.3) is 0 Å². The van der Waals surface area contributed by atoms with Gasteiger partial charge in [-0.25, -0.2) is 9.13 Å². The second-order valence-electron chi connectivity index (χ2n) is 9.37. The third-order valence-electron chi connectivity index (χ3n) is 6.08. The van der Waals surface area contributed by atoms with Gasteiger partial charge in [-0.05, 0) is 65.1 Å². The molecule has 224 valence electrons. The Hall–Kier alpha value is -4.61. The van der Waals surface area contributed by atoms with Gasteiger partial charge in [0.1, 0.15) is 0 Å². The molecule has 0 unspecified atom stereocenters. The molecule has 0 amide bonds. The molecule has 4 rings (SSSR count). The zero-order valence-electron chi connectivity index (χ0n) is 24.3. The van der Waals surface area contributed by atoms with Gasteiger partial charge in [0, 0.05) is 59.2 Å². The fraction of sp³-hybridized carbons (Fsp3) is 0.360. The molecule has 0 saturated carbocycles. The van der Waals surface area contributed by atoms with Crippen molar-refractivity contribution in [2.45, 2.75) is 6.42 Å². The van der Waals surface area contributed by atoms with Crippen LogP contribution in [0.1, 0.15) is 6.42 Å². The lowest BCUT2D eigenvalue weighted by atomic mass is 10.2. The second kappa shape index (κ2) is 14.3. The topological polar surface area (TPSA) is 180 Å². The largest absolute Gasteiger partial charge is 0.759 e.